The number of halogens is 1. The number of aliphatic carboxylic acids is 1. The maximum absolute atomic E-state index is 11.7. The highest BCUT2D eigenvalue weighted by molar-refractivity contribution is 6.30. The molecule has 0 heterocycles. The van der Waals surface area contributed by atoms with Crippen LogP contribution in [-0.4, -0.2) is 17.6 Å². The zero-order valence-corrected chi connectivity index (χ0v) is 11.0. The van der Waals surface area contributed by atoms with Crippen molar-refractivity contribution in [1.82, 2.24) is 0 Å². The van der Waals surface area contributed by atoms with E-state index in [0.29, 0.717) is 24.4 Å². The highest BCUT2D eigenvalue weighted by atomic mass is 35.5. The van der Waals surface area contributed by atoms with Gasteiger partial charge in [-0.1, -0.05) is 36.6 Å². The Morgan fingerprint density at radius 2 is 1.89 bits per heavy atom. The summed E-state index contributed by atoms with van der Waals surface area (Å²) in [5, 5.41) is 10.3. The van der Waals surface area contributed by atoms with Crippen LogP contribution in [-0.2, 0) is 4.79 Å². The fourth-order valence-corrected chi connectivity index (χ4v) is 3.22. The van der Waals surface area contributed by atoms with Gasteiger partial charge < -0.3 is 10.8 Å². The Morgan fingerprint density at radius 1 is 1.33 bits per heavy atom. The third kappa shape index (κ3) is 2.25. The van der Waals surface area contributed by atoms with Crippen molar-refractivity contribution in [1.29, 1.82) is 0 Å². The van der Waals surface area contributed by atoms with Crippen molar-refractivity contribution in [2.24, 2.45) is 11.1 Å². The van der Waals surface area contributed by atoms with Gasteiger partial charge in [-0.3, -0.25) is 4.79 Å². The minimum Gasteiger partial charge on any atom is -0.481 e. The lowest BCUT2D eigenvalue weighted by Gasteiger charge is -2.33. The van der Waals surface area contributed by atoms with Gasteiger partial charge in [0.15, 0.2) is 0 Å². The summed E-state index contributed by atoms with van der Waals surface area (Å²) in [6.45, 7) is 0.355. The molecule has 3 N–H and O–H groups in total. The van der Waals surface area contributed by atoms with Crippen LogP contribution in [0.3, 0.4) is 0 Å². The van der Waals surface area contributed by atoms with Gasteiger partial charge in [-0.15, -0.1) is 0 Å². The first kappa shape index (κ1) is 13.4. The Bertz CT molecular complexity index is 424. The zero-order chi connectivity index (χ0) is 13.2. The lowest BCUT2D eigenvalue weighted by atomic mass is 9.70. The molecular weight excluding hydrogens is 250 g/mol. The number of hydrogen-bond donors (Lipinski definition) is 2. The molecule has 0 saturated heterocycles. The number of carboxylic acids is 1. The maximum atomic E-state index is 11.7. The Kier molecular flexibility index (Phi) is 3.93. The first-order valence-corrected chi connectivity index (χ1v) is 6.67. The molecule has 0 aliphatic heterocycles. The van der Waals surface area contributed by atoms with Crippen LogP contribution in [0.2, 0.25) is 5.02 Å². The van der Waals surface area contributed by atoms with E-state index in [1.165, 1.54) is 0 Å². The average Bonchev–Trinajstić information content (AvgIpc) is 2.83. The fraction of sp³-hybridized carbons (Fsp3) is 0.500. The largest absolute Gasteiger partial charge is 0.481 e. The topological polar surface area (TPSA) is 63.3 Å². The third-order valence-corrected chi connectivity index (χ3v) is 4.35. The molecule has 98 valence electrons. The summed E-state index contributed by atoms with van der Waals surface area (Å²) in [4.78, 5) is 11.7. The Hall–Kier alpha value is -1.06. The van der Waals surface area contributed by atoms with Crippen molar-refractivity contribution in [2.75, 3.05) is 6.54 Å². The SMILES string of the molecule is NC[C@@H](c1ccc(Cl)cc1)C1(C(=O)O)CCCC1. The zero-order valence-electron chi connectivity index (χ0n) is 10.2. The molecule has 2 rings (SSSR count). The minimum absolute atomic E-state index is 0.130. The molecular formula is C14H18ClNO2. The molecule has 1 atom stereocenters. The van der Waals surface area contributed by atoms with Gasteiger partial charge in [0.05, 0.1) is 5.41 Å². The van der Waals surface area contributed by atoms with Gasteiger partial charge >= 0.3 is 5.97 Å². The normalized spacial score (nSPS) is 19.7. The van der Waals surface area contributed by atoms with Crippen molar-refractivity contribution in [2.45, 2.75) is 31.6 Å². The molecule has 0 amide bonds. The highest BCUT2D eigenvalue weighted by Gasteiger charge is 2.47. The lowest BCUT2D eigenvalue weighted by Crippen LogP contribution is -2.38. The van der Waals surface area contributed by atoms with Gasteiger partial charge in [-0.2, -0.15) is 0 Å². The number of hydrogen-bond acceptors (Lipinski definition) is 2. The molecule has 1 aromatic carbocycles. The average molecular weight is 268 g/mol. The number of benzene rings is 1. The third-order valence-electron chi connectivity index (χ3n) is 4.10. The van der Waals surface area contributed by atoms with E-state index in [1.54, 1.807) is 12.1 Å². The van der Waals surface area contributed by atoms with E-state index in [0.717, 1.165) is 18.4 Å². The predicted molar refractivity (Wildman–Crippen MR) is 71.8 cm³/mol. The number of carbonyl (C=O) groups is 1. The maximum Gasteiger partial charge on any atom is 0.310 e. The lowest BCUT2D eigenvalue weighted by molar-refractivity contribution is -0.150. The standard InChI is InChI=1S/C14H18ClNO2/c15-11-5-3-10(4-6-11)12(9-16)14(13(17)18)7-1-2-8-14/h3-6,12H,1-2,7-9,16H2,(H,17,18)/t12-/m0/s1. The minimum atomic E-state index is -0.717. The molecule has 3 nitrogen and oxygen atoms in total. The van der Waals surface area contributed by atoms with Crippen LogP contribution in [0.15, 0.2) is 24.3 Å². The first-order chi connectivity index (χ1) is 8.60. The molecule has 1 saturated carbocycles. The van der Waals surface area contributed by atoms with Crippen molar-refractivity contribution in [3.63, 3.8) is 0 Å². The first-order valence-electron chi connectivity index (χ1n) is 6.29. The van der Waals surface area contributed by atoms with Crippen LogP contribution >= 0.6 is 11.6 Å². The molecule has 0 aromatic heterocycles. The number of nitrogens with two attached hydrogens (primary N) is 1. The van der Waals surface area contributed by atoms with Gasteiger partial charge in [-0.25, -0.2) is 0 Å². The molecule has 1 aliphatic carbocycles. The monoisotopic (exact) mass is 267 g/mol. The van der Waals surface area contributed by atoms with Crippen LogP contribution in [0.5, 0.6) is 0 Å². The summed E-state index contributed by atoms with van der Waals surface area (Å²) in [5.41, 5.74) is 6.14. The fourth-order valence-electron chi connectivity index (χ4n) is 3.09. The van der Waals surface area contributed by atoms with Crippen molar-refractivity contribution >= 4 is 17.6 Å². The Balaban J connectivity index is 2.37. The summed E-state index contributed by atoms with van der Waals surface area (Å²) in [6.07, 6.45) is 3.37. The summed E-state index contributed by atoms with van der Waals surface area (Å²) in [7, 11) is 0. The number of carboxylic acid groups (broad SMARTS) is 1. The predicted octanol–water partition coefficient (Wildman–Crippen LogP) is 3.03. The van der Waals surface area contributed by atoms with Crippen molar-refractivity contribution in [3.05, 3.63) is 34.9 Å². The second kappa shape index (κ2) is 5.29. The summed E-state index contributed by atoms with van der Waals surface area (Å²) in [5.74, 6) is -0.847. The van der Waals surface area contributed by atoms with Gasteiger partial charge in [0.25, 0.3) is 0 Å². The van der Waals surface area contributed by atoms with Crippen LogP contribution in [0.25, 0.3) is 0 Å². The van der Waals surface area contributed by atoms with Crippen LogP contribution in [0, 0.1) is 5.41 Å². The molecule has 4 heteroatoms. The highest BCUT2D eigenvalue weighted by Crippen LogP contribution is 2.48. The smallest absolute Gasteiger partial charge is 0.310 e. The Labute approximate surface area is 112 Å². The summed E-state index contributed by atoms with van der Waals surface area (Å²) < 4.78 is 0. The summed E-state index contributed by atoms with van der Waals surface area (Å²) in [6, 6.07) is 7.37. The van der Waals surface area contributed by atoms with Gasteiger partial charge in [-0.05, 0) is 30.5 Å². The van der Waals surface area contributed by atoms with Crippen LogP contribution in [0.1, 0.15) is 37.2 Å². The number of rotatable bonds is 4. The second-order valence-corrected chi connectivity index (χ2v) is 5.44. The van der Waals surface area contributed by atoms with E-state index in [1.807, 2.05) is 12.1 Å². The van der Waals surface area contributed by atoms with E-state index in [9.17, 15) is 9.90 Å². The van der Waals surface area contributed by atoms with Gasteiger partial charge in [0.2, 0.25) is 0 Å². The molecule has 1 fully saturated rings. The molecule has 1 aliphatic rings. The molecule has 1 aromatic rings. The van der Waals surface area contributed by atoms with E-state index in [4.69, 9.17) is 17.3 Å². The summed E-state index contributed by atoms with van der Waals surface area (Å²) >= 11 is 5.87. The molecule has 0 bridgehead atoms. The van der Waals surface area contributed by atoms with E-state index >= 15 is 0 Å². The second-order valence-electron chi connectivity index (χ2n) is 5.01. The molecule has 0 spiro atoms. The van der Waals surface area contributed by atoms with E-state index < -0.39 is 11.4 Å². The van der Waals surface area contributed by atoms with Crippen molar-refractivity contribution < 1.29 is 9.90 Å². The van der Waals surface area contributed by atoms with Crippen LogP contribution in [0.4, 0.5) is 0 Å². The quantitative estimate of drug-likeness (QED) is 0.881. The van der Waals surface area contributed by atoms with Crippen molar-refractivity contribution in [3.8, 4) is 0 Å². The van der Waals surface area contributed by atoms with E-state index in [2.05, 4.69) is 0 Å². The molecule has 0 radical (unpaired) electrons. The molecule has 0 unspecified atom stereocenters. The van der Waals surface area contributed by atoms with Gasteiger partial charge in [0.1, 0.15) is 0 Å². The van der Waals surface area contributed by atoms with Crippen LogP contribution < -0.4 is 5.73 Å². The van der Waals surface area contributed by atoms with Gasteiger partial charge in [0, 0.05) is 17.5 Å². The van der Waals surface area contributed by atoms with E-state index in [-0.39, 0.29) is 5.92 Å². The molecule has 18 heavy (non-hydrogen) atoms. The Morgan fingerprint density at radius 3 is 2.33 bits per heavy atom.